The normalized spacial score (nSPS) is 13.0. The summed E-state index contributed by atoms with van der Waals surface area (Å²) in [5.74, 6) is 0. The van der Waals surface area contributed by atoms with Gasteiger partial charge in [0.05, 0.1) is 19.3 Å². The second-order valence-electron chi connectivity index (χ2n) is 1.89. The van der Waals surface area contributed by atoms with Crippen LogP contribution in [-0.4, -0.2) is 42.6 Å². The molecule has 5 nitrogen and oxygen atoms in total. The average Bonchev–Trinajstić information content (AvgIpc) is 1.98. The van der Waals surface area contributed by atoms with E-state index in [4.69, 9.17) is 10.2 Å². The van der Waals surface area contributed by atoms with Crippen molar-refractivity contribution in [3.63, 3.8) is 0 Å². The molecule has 0 spiro atoms. The standard InChI is InChI=1S/C5H12N2O3/c8-4-5(9)3-6-1-2-7-10/h5-6,8-9H,1-4H2. The first kappa shape index (κ1) is 9.48. The number of hydrogen-bond acceptors (Lipinski definition) is 5. The van der Waals surface area contributed by atoms with Gasteiger partial charge in [-0.1, -0.05) is 5.18 Å². The maximum absolute atomic E-state index is 9.52. The lowest BCUT2D eigenvalue weighted by atomic mass is 10.4. The van der Waals surface area contributed by atoms with Crippen LogP contribution >= 0.6 is 0 Å². The largest absolute Gasteiger partial charge is 0.394 e. The average molecular weight is 148 g/mol. The first-order valence-electron chi connectivity index (χ1n) is 3.10. The van der Waals surface area contributed by atoms with Crippen molar-refractivity contribution in [2.24, 2.45) is 5.18 Å². The van der Waals surface area contributed by atoms with Crippen molar-refractivity contribution in [1.82, 2.24) is 5.32 Å². The Morgan fingerprint density at radius 2 is 2.30 bits per heavy atom. The Bertz CT molecular complexity index is 89.0. The lowest BCUT2D eigenvalue weighted by molar-refractivity contribution is 0.0948. The lowest BCUT2D eigenvalue weighted by Crippen LogP contribution is -2.30. The Morgan fingerprint density at radius 3 is 2.80 bits per heavy atom. The first-order valence-corrected chi connectivity index (χ1v) is 3.10. The van der Waals surface area contributed by atoms with E-state index >= 15 is 0 Å². The zero-order valence-corrected chi connectivity index (χ0v) is 5.66. The highest BCUT2D eigenvalue weighted by molar-refractivity contribution is 4.57. The van der Waals surface area contributed by atoms with Gasteiger partial charge >= 0.3 is 0 Å². The van der Waals surface area contributed by atoms with Gasteiger partial charge in [0, 0.05) is 13.1 Å². The predicted octanol–water partition coefficient (Wildman–Crippen LogP) is -1.30. The molecular weight excluding hydrogens is 136 g/mol. The van der Waals surface area contributed by atoms with Gasteiger partial charge in [-0.15, -0.1) is 0 Å². The van der Waals surface area contributed by atoms with E-state index in [1.165, 1.54) is 0 Å². The molecule has 0 saturated heterocycles. The molecule has 0 aliphatic rings. The molecule has 0 amide bonds. The quantitative estimate of drug-likeness (QED) is 0.323. The molecule has 1 atom stereocenters. The third kappa shape index (κ3) is 5.61. The summed E-state index contributed by atoms with van der Waals surface area (Å²) in [5, 5.41) is 22.4. The van der Waals surface area contributed by atoms with Crippen LogP contribution in [0.25, 0.3) is 0 Å². The Hall–Kier alpha value is -0.520. The lowest BCUT2D eigenvalue weighted by Gasteiger charge is -2.05. The molecular formula is C5H12N2O3. The molecule has 0 radical (unpaired) electrons. The second kappa shape index (κ2) is 6.60. The summed E-state index contributed by atoms with van der Waals surface area (Å²) < 4.78 is 0. The minimum Gasteiger partial charge on any atom is -0.394 e. The van der Waals surface area contributed by atoms with Crippen molar-refractivity contribution >= 4 is 0 Å². The molecule has 0 aromatic heterocycles. The van der Waals surface area contributed by atoms with Gasteiger partial charge < -0.3 is 15.5 Å². The predicted molar refractivity (Wildman–Crippen MR) is 36.6 cm³/mol. The van der Waals surface area contributed by atoms with Crippen LogP contribution < -0.4 is 5.32 Å². The summed E-state index contributed by atoms with van der Waals surface area (Å²) in [6.07, 6.45) is -0.744. The molecule has 0 aliphatic carbocycles. The monoisotopic (exact) mass is 148 g/mol. The van der Waals surface area contributed by atoms with E-state index in [1.807, 2.05) is 0 Å². The number of rotatable bonds is 6. The van der Waals surface area contributed by atoms with Crippen molar-refractivity contribution < 1.29 is 10.2 Å². The van der Waals surface area contributed by atoms with Crippen LogP contribution in [0, 0.1) is 4.91 Å². The zero-order chi connectivity index (χ0) is 7.82. The second-order valence-corrected chi connectivity index (χ2v) is 1.89. The van der Waals surface area contributed by atoms with Crippen LogP contribution in [0.5, 0.6) is 0 Å². The van der Waals surface area contributed by atoms with E-state index in [2.05, 4.69) is 10.5 Å². The molecule has 3 N–H and O–H groups in total. The highest BCUT2D eigenvalue weighted by atomic mass is 16.3. The van der Waals surface area contributed by atoms with Crippen LogP contribution in [0.15, 0.2) is 5.18 Å². The third-order valence-corrected chi connectivity index (χ3v) is 0.971. The van der Waals surface area contributed by atoms with Gasteiger partial charge in [-0.2, -0.15) is 4.91 Å². The first-order chi connectivity index (χ1) is 4.81. The Morgan fingerprint density at radius 1 is 1.60 bits per heavy atom. The summed E-state index contributed by atoms with van der Waals surface area (Å²) in [6, 6.07) is 0. The summed E-state index contributed by atoms with van der Waals surface area (Å²) in [5.41, 5.74) is 0. The smallest absolute Gasteiger partial charge is 0.0935 e. The van der Waals surface area contributed by atoms with Crippen LogP contribution in [-0.2, 0) is 0 Å². The molecule has 10 heavy (non-hydrogen) atoms. The summed E-state index contributed by atoms with van der Waals surface area (Å²) in [6.45, 7) is 0.673. The molecule has 0 fully saturated rings. The van der Waals surface area contributed by atoms with E-state index < -0.39 is 6.10 Å². The maximum Gasteiger partial charge on any atom is 0.0935 e. The minimum atomic E-state index is -0.744. The van der Waals surface area contributed by atoms with Crippen molar-refractivity contribution in [2.45, 2.75) is 6.10 Å². The zero-order valence-electron chi connectivity index (χ0n) is 5.66. The summed E-state index contributed by atoms with van der Waals surface area (Å²) >= 11 is 0. The molecule has 5 heteroatoms. The Kier molecular flexibility index (Phi) is 6.25. The fourth-order valence-corrected chi connectivity index (χ4v) is 0.458. The third-order valence-electron chi connectivity index (χ3n) is 0.971. The van der Waals surface area contributed by atoms with Gasteiger partial charge in [-0.3, -0.25) is 0 Å². The highest BCUT2D eigenvalue weighted by Crippen LogP contribution is 1.75. The molecule has 0 bridgehead atoms. The minimum absolute atomic E-state index is 0.193. The molecule has 0 heterocycles. The molecule has 60 valence electrons. The Labute approximate surface area is 59.0 Å². The van der Waals surface area contributed by atoms with Crippen LogP contribution in [0.1, 0.15) is 0 Å². The molecule has 0 rings (SSSR count). The van der Waals surface area contributed by atoms with Gasteiger partial charge in [-0.05, 0) is 0 Å². The van der Waals surface area contributed by atoms with Crippen molar-refractivity contribution in [3.8, 4) is 0 Å². The molecule has 0 aromatic rings. The number of aliphatic hydroxyl groups is 2. The number of nitroso groups, excluding NO2 is 1. The van der Waals surface area contributed by atoms with Crippen LogP contribution in [0.3, 0.4) is 0 Å². The molecule has 1 unspecified atom stereocenters. The van der Waals surface area contributed by atoms with E-state index in [-0.39, 0.29) is 13.2 Å². The van der Waals surface area contributed by atoms with E-state index in [1.54, 1.807) is 0 Å². The topological polar surface area (TPSA) is 81.9 Å². The fourth-order valence-electron chi connectivity index (χ4n) is 0.458. The van der Waals surface area contributed by atoms with Crippen molar-refractivity contribution in [3.05, 3.63) is 4.91 Å². The van der Waals surface area contributed by atoms with E-state index in [9.17, 15) is 4.91 Å². The van der Waals surface area contributed by atoms with Gasteiger partial charge in [0.15, 0.2) is 0 Å². The number of nitrogens with one attached hydrogen (secondary N) is 1. The van der Waals surface area contributed by atoms with Gasteiger partial charge in [0.2, 0.25) is 0 Å². The summed E-state index contributed by atoms with van der Waals surface area (Å²) in [7, 11) is 0. The number of hydrogen-bond donors (Lipinski definition) is 3. The van der Waals surface area contributed by atoms with Gasteiger partial charge in [0.25, 0.3) is 0 Å². The molecule has 0 aromatic carbocycles. The van der Waals surface area contributed by atoms with Gasteiger partial charge in [-0.25, -0.2) is 0 Å². The number of nitrogens with zero attached hydrogens (tertiary/aromatic N) is 1. The number of aliphatic hydroxyl groups excluding tert-OH is 2. The highest BCUT2D eigenvalue weighted by Gasteiger charge is 1.98. The van der Waals surface area contributed by atoms with Crippen molar-refractivity contribution in [2.75, 3.05) is 26.2 Å². The molecule has 0 saturated carbocycles. The SMILES string of the molecule is O=NCCNCC(O)CO. The summed E-state index contributed by atoms with van der Waals surface area (Å²) in [4.78, 5) is 9.52. The van der Waals surface area contributed by atoms with Crippen LogP contribution in [0.2, 0.25) is 0 Å². The van der Waals surface area contributed by atoms with Crippen LogP contribution in [0.4, 0.5) is 0 Å². The molecule has 0 aliphatic heterocycles. The van der Waals surface area contributed by atoms with Gasteiger partial charge in [0.1, 0.15) is 0 Å². The van der Waals surface area contributed by atoms with E-state index in [0.717, 1.165) is 0 Å². The Balaban J connectivity index is 2.95. The fraction of sp³-hybridized carbons (Fsp3) is 1.00. The van der Waals surface area contributed by atoms with E-state index in [0.29, 0.717) is 13.1 Å². The maximum atomic E-state index is 9.52. The van der Waals surface area contributed by atoms with Crippen molar-refractivity contribution in [1.29, 1.82) is 0 Å².